The van der Waals surface area contributed by atoms with Gasteiger partial charge in [0.05, 0.1) is 4.92 Å². The van der Waals surface area contributed by atoms with Crippen LogP contribution in [-0.2, 0) is 4.79 Å². The zero-order valence-corrected chi connectivity index (χ0v) is 11.6. The lowest BCUT2D eigenvalue weighted by molar-refractivity contribution is -0.385. The minimum absolute atomic E-state index is 0.0952. The first-order valence-electron chi connectivity index (χ1n) is 6.13. The number of nitrogens with one attached hydrogen (secondary N) is 2. The normalized spacial score (nSPS) is 13.4. The van der Waals surface area contributed by atoms with Crippen LogP contribution < -0.4 is 15.4 Å². The number of rotatable bonds is 5. The SMILES string of the molecule is O=C(COc1ccc(Cl)cc1[N+](=O)[O-])NC(=O)NC1CC1. The molecule has 0 atom stereocenters. The number of amides is 3. The number of nitro groups is 1. The molecular weight excluding hydrogens is 302 g/mol. The van der Waals surface area contributed by atoms with E-state index >= 15 is 0 Å². The maximum absolute atomic E-state index is 11.5. The molecule has 0 aliphatic heterocycles. The average molecular weight is 314 g/mol. The minimum atomic E-state index is -0.697. The Kier molecular flexibility index (Phi) is 4.59. The van der Waals surface area contributed by atoms with Crippen molar-refractivity contribution in [3.05, 3.63) is 33.3 Å². The van der Waals surface area contributed by atoms with E-state index in [1.54, 1.807) is 0 Å². The summed E-state index contributed by atoms with van der Waals surface area (Å²) < 4.78 is 5.04. The lowest BCUT2D eigenvalue weighted by Gasteiger charge is -2.08. The number of nitro benzene ring substituents is 1. The molecule has 0 unspecified atom stereocenters. The molecule has 0 heterocycles. The van der Waals surface area contributed by atoms with E-state index in [2.05, 4.69) is 10.6 Å². The molecule has 1 aromatic rings. The summed E-state index contributed by atoms with van der Waals surface area (Å²) in [5, 5.41) is 15.6. The van der Waals surface area contributed by atoms with Crippen LogP contribution in [0, 0.1) is 10.1 Å². The van der Waals surface area contributed by atoms with E-state index in [9.17, 15) is 19.7 Å². The molecule has 1 aromatic carbocycles. The standard InChI is InChI=1S/C12H12ClN3O5/c13-7-1-4-10(9(5-7)16(19)20)21-6-11(17)15-12(18)14-8-2-3-8/h1,4-5,8H,2-3,6H2,(H2,14,15,17,18). The number of nitrogens with zero attached hydrogens (tertiary/aromatic N) is 1. The predicted octanol–water partition coefficient (Wildman–Crippen LogP) is 1.62. The van der Waals surface area contributed by atoms with E-state index in [0.717, 1.165) is 18.9 Å². The van der Waals surface area contributed by atoms with Crippen LogP contribution in [0.25, 0.3) is 0 Å². The maximum atomic E-state index is 11.5. The van der Waals surface area contributed by atoms with Crippen molar-refractivity contribution >= 4 is 29.2 Å². The van der Waals surface area contributed by atoms with Crippen molar-refractivity contribution in [3.8, 4) is 5.75 Å². The van der Waals surface area contributed by atoms with Gasteiger partial charge in [-0.2, -0.15) is 0 Å². The summed E-state index contributed by atoms with van der Waals surface area (Å²) in [5.41, 5.74) is -0.349. The third kappa shape index (κ3) is 4.60. The Morgan fingerprint density at radius 1 is 1.43 bits per heavy atom. The number of hydrogen-bond donors (Lipinski definition) is 2. The van der Waals surface area contributed by atoms with Crippen LogP contribution in [0.2, 0.25) is 5.02 Å². The molecule has 21 heavy (non-hydrogen) atoms. The van der Waals surface area contributed by atoms with Crippen LogP contribution in [0.15, 0.2) is 18.2 Å². The van der Waals surface area contributed by atoms with Gasteiger partial charge >= 0.3 is 11.7 Å². The summed E-state index contributed by atoms with van der Waals surface area (Å²) in [5.74, 6) is -0.792. The van der Waals surface area contributed by atoms with Gasteiger partial charge in [0.2, 0.25) is 0 Å². The molecule has 1 aliphatic rings. The zero-order valence-electron chi connectivity index (χ0n) is 10.8. The fourth-order valence-corrected chi connectivity index (χ4v) is 1.68. The second-order valence-corrected chi connectivity index (χ2v) is 4.89. The highest BCUT2D eigenvalue weighted by Crippen LogP contribution is 2.29. The number of benzene rings is 1. The van der Waals surface area contributed by atoms with Crippen LogP contribution in [-0.4, -0.2) is 29.5 Å². The molecular formula is C12H12ClN3O5. The average Bonchev–Trinajstić information content (AvgIpc) is 3.20. The predicted molar refractivity (Wildman–Crippen MR) is 73.3 cm³/mol. The highest BCUT2D eigenvalue weighted by atomic mass is 35.5. The first kappa shape index (κ1) is 15.0. The second-order valence-electron chi connectivity index (χ2n) is 4.45. The number of urea groups is 1. The number of hydrogen-bond acceptors (Lipinski definition) is 5. The van der Waals surface area contributed by atoms with E-state index in [1.807, 2.05) is 0 Å². The smallest absolute Gasteiger partial charge is 0.321 e. The Morgan fingerprint density at radius 3 is 2.76 bits per heavy atom. The second kappa shape index (κ2) is 6.40. The minimum Gasteiger partial charge on any atom is -0.477 e. The van der Waals surface area contributed by atoms with Crippen molar-refractivity contribution in [1.82, 2.24) is 10.6 Å². The lowest BCUT2D eigenvalue weighted by Crippen LogP contribution is -2.42. The highest BCUT2D eigenvalue weighted by Gasteiger charge is 2.24. The third-order valence-corrected chi connectivity index (χ3v) is 2.88. The Bertz CT molecular complexity index is 588. The molecule has 112 valence electrons. The number of ether oxygens (including phenoxy) is 1. The van der Waals surface area contributed by atoms with Crippen LogP contribution in [0.3, 0.4) is 0 Å². The van der Waals surface area contributed by atoms with Crippen LogP contribution in [0.5, 0.6) is 5.75 Å². The molecule has 3 amide bonds. The van der Waals surface area contributed by atoms with Gasteiger partial charge in [-0.3, -0.25) is 20.2 Å². The molecule has 0 aromatic heterocycles. The highest BCUT2D eigenvalue weighted by molar-refractivity contribution is 6.30. The number of carbonyl (C=O) groups is 2. The maximum Gasteiger partial charge on any atom is 0.321 e. The lowest BCUT2D eigenvalue weighted by atomic mass is 10.3. The molecule has 9 heteroatoms. The van der Waals surface area contributed by atoms with Gasteiger partial charge in [-0.1, -0.05) is 11.6 Å². The largest absolute Gasteiger partial charge is 0.477 e. The van der Waals surface area contributed by atoms with Crippen molar-refractivity contribution in [2.45, 2.75) is 18.9 Å². The Balaban J connectivity index is 1.88. The van der Waals surface area contributed by atoms with E-state index in [4.69, 9.17) is 16.3 Å². The van der Waals surface area contributed by atoms with Gasteiger partial charge in [-0.25, -0.2) is 4.79 Å². The summed E-state index contributed by atoms with van der Waals surface area (Å²) in [4.78, 5) is 33.0. The molecule has 0 bridgehead atoms. The Hall–Kier alpha value is -2.35. The Labute approximate surface area is 124 Å². The van der Waals surface area contributed by atoms with Crippen LogP contribution in [0.4, 0.5) is 10.5 Å². The van der Waals surface area contributed by atoms with Gasteiger partial charge in [0.1, 0.15) is 0 Å². The molecule has 8 nitrogen and oxygen atoms in total. The number of imide groups is 1. The molecule has 0 saturated heterocycles. The number of carbonyl (C=O) groups excluding carboxylic acids is 2. The van der Waals surface area contributed by atoms with E-state index < -0.39 is 23.5 Å². The first-order valence-corrected chi connectivity index (χ1v) is 6.50. The molecule has 1 aliphatic carbocycles. The van der Waals surface area contributed by atoms with Gasteiger partial charge in [0, 0.05) is 17.1 Å². The molecule has 0 radical (unpaired) electrons. The Morgan fingerprint density at radius 2 is 2.14 bits per heavy atom. The fraction of sp³-hybridized carbons (Fsp3) is 0.333. The summed E-state index contributed by atoms with van der Waals surface area (Å²) in [6.07, 6.45) is 1.80. The van der Waals surface area contributed by atoms with Gasteiger partial charge in [0.25, 0.3) is 5.91 Å². The molecule has 2 N–H and O–H groups in total. The molecule has 2 rings (SSSR count). The molecule has 1 fully saturated rings. The van der Waals surface area contributed by atoms with Gasteiger partial charge in [-0.05, 0) is 25.0 Å². The van der Waals surface area contributed by atoms with Crippen molar-refractivity contribution < 1.29 is 19.2 Å². The zero-order chi connectivity index (χ0) is 15.4. The van der Waals surface area contributed by atoms with Crippen molar-refractivity contribution in [2.24, 2.45) is 0 Å². The van der Waals surface area contributed by atoms with Crippen molar-refractivity contribution in [1.29, 1.82) is 0 Å². The van der Waals surface area contributed by atoms with E-state index in [1.165, 1.54) is 12.1 Å². The number of halogens is 1. The van der Waals surface area contributed by atoms with Crippen molar-refractivity contribution in [2.75, 3.05) is 6.61 Å². The van der Waals surface area contributed by atoms with Gasteiger partial charge in [0.15, 0.2) is 12.4 Å². The van der Waals surface area contributed by atoms with Crippen molar-refractivity contribution in [3.63, 3.8) is 0 Å². The van der Waals surface area contributed by atoms with Gasteiger partial charge in [-0.15, -0.1) is 0 Å². The fourth-order valence-electron chi connectivity index (χ4n) is 1.51. The molecule has 1 saturated carbocycles. The third-order valence-electron chi connectivity index (χ3n) is 2.64. The van der Waals surface area contributed by atoms with Gasteiger partial charge < -0.3 is 10.1 Å². The van der Waals surface area contributed by atoms with Crippen LogP contribution in [0.1, 0.15) is 12.8 Å². The van der Waals surface area contributed by atoms with E-state index in [0.29, 0.717) is 0 Å². The first-order chi connectivity index (χ1) is 9.95. The topological polar surface area (TPSA) is 111 Å². The summed E-state index contributed by atoms with van der Waals surface area (Å²) in [6, 6.07) is 3.33. The summed E-state index contributed by atoms with van der Waals surface area (Å²) in [7, 11) is 0. The quantitative estimate of drug-likeness (QED) is 0.634. The van der Waals surface area contributed by atoms with Crippen LogP contribution >= 0.6 is 11.6 Å². The monoisotopic (exact) mass is 313 g/mol. The summed E-state index contributed by atoms with van der Waals surface area (Å²) >= 11 is 5.65. The van der Waals surface area contributed by atoms with E-state index in [-0.39, 0.29) is 22.5 Å². The summed E-state index contributed by atoms with van der Waals surface area (Å²) in [6.45, 7) is -0.513. The molecule has 0 spiro atoms.